The first-order valence-electron chi connectivity index (χ1n) is 12.5. The molecule has 8 heteroatoms. The van der Waals surface area contributed by atoms with Gasteiger partial charge in [-0.15, -0.1) is 0 Å². The highest BCUT2D eigenvalue weighted by atomic mass is 79.9. The first-order chi connectivity index (χ1) is 18.6. The molecule has 0 N–H and O–H groups in total. The van der Waals surface area contributed by atoms with E-state index in [1.54, 1.807) is 29.3 Å². The highest BCUT2D eigenvalue weighted by Gasteiger charge is 2.43. The molecule has 1 aliphatic heterocycles. The third kappa shape index (κ3) is 4.67. The van der Waals surface area contributed by atoms with Gasteiger partial charge in [0.05, 0.1) is 24.6 Å². The molecule has 1 amide bonds. The van der Waals surface area contributed by atoms with E-state index in [4.69, 9.17) is 5.10 Å². The Bertz CT molecular complexity index is 1550. The third-order valence-corrected chi connectivity index (χ3v) is 7.42. The molecule has 1 unspecified atom stereocenters. The van der Waals surface area contributed by atoms with E-state index in [0.717, 1.165) is 45.4 Å². The summed E-state index contributed by atoms with van der Waals surface area (Å²) in [6.07, 6.45) is 6.27. The van der Waals surface area contributed by atoms with Crippen molar-refractivity contribution in [1.29, 1.82) is 0 Å². The molecule has 38 heavy (non-hydrogen) atoms. The molecule has 0 spiro atoms. The maximum absolute atomic E-state index is 14.1. The van der Waals surface area contributed by atoms with E-state index in [1.165, 1.54) is 12.1 Å². The molecule has 0 saturated carbocycles. The molecule has 5 aromatic rings. The van der Waals surface area contributed by atoms with E-state index >= 15 is 0 Å². The van der Waals surface area contributed by atoms with Crippen LogP contribution < -0.4 is 0 Å². The van der Waals surface area contributed by atoms with Crippen LogP contribution in [-0.4, -0.2) is 36.7 Å². The number of amides is 1. The van der Waals surface area contributed by atoms with Crippen LogP contribution in [0.4, 0.5) is 4.39 Å². The number of carbonyl (C=O) groups excluding carboxylic acids is 1. The van der Waals surface area contributed by atoms with Gasteiger partial charge in [-0.2, -0.15) is 5.10 Å². The summed E-state index contributed by atoms with van der Waals surface area (Å²) in [6.45, 7) is 1.72. The number of imidazole rings is 1. The number of fused-ring (bicyclic) bond motifs is 1. The molecule has 3 heterocycles. The summed E-state index contributed by atoms with van der Waals surface area (Å²) in [7, 11) is 0. The number of hydrogen-bond donors (Lipinski definition) is 0. The second-order valence-electron chi connectivity index (χ2n) is 9.37. The summed E-state index contributed by atoms with van der Waals surface area (Å²) in [4.78, 5) is 20.2. The number of benzene rings is 3. The monoisotopic (exact) mass is 569 g/mol. The fourth-order valence-corrected chi connectivity index (χ4v) is 5.39. The Morgan fingerprint density at radius 3 is 2.39 bits per heavy atom. The fourth-order valence-electron chi connectivity index (χ4n) is 5.12. The summed E-state index contributed by atoms with van der Waals surface area (Å²) in [6, 6.07) is 24.2. The molecule has 1 aliphatic rings. The first-order valence-corrected chi connectivity index (χ1v) is 13.3. The van der Waals surface area contributed by atoms with Crippen LogP contribution in [0.2, 0.25) is 0 Å². The summed E-state index contributed by atoms with van der Waals surface area (Å²) >= 11 is 3.54. The molecular weight excluding hydrogens is 545 g/mol. The summed E-state index contributed by atoms with van der Waals surface area (Å²) in [5.41, 5.74) is 5.15. The van der Waals surface area contributed by atoms with Gasteiger partial charge in [-0.05, 0) is 41.8 Å². The SMILES string of the molecule is O=C1c2c(c(-c3ccccc3)nn2Cc2ccc(F)cc2)C(c2ccc(Br)cc2)N1CCCn1ccnc1. The number of aromatic nitrogens is 4. The molecule has 0 fully saturated rings. The Kier molecular flexibility index (Phi) is 6.64. The minimum absolute atomic E-state index is 0.0460. The van der Waals surface area contributed by atoms with Crippen molar-refractivity contribution in [1.82, 2.24) is 24.2 Å². The van der Waals surface area contributed by atoms with Crippen LogP contribution in [0.25, 0.3) is 11.3 Å². The lowest BCUT2D eigenvalue weighted by atomic mass is 9.96. The van der Waals surface area contributed by atoms with E-state index in [1.807, 2.05) is 58.1 Å². The Labute approximate surface area is 228 Å². The normalized spacial score (nSPS) is 14.7. The lowest BCUT2D eigenvalue weighted by Crippen LogP contribution is -2.32. The van der Waals surface area contributed by atoms with Crippen molar-refractivity contribution in [3.8, 4) is 11.3 Å². The molecule has 3 aromatic carbocycles. The lowest BCUT2D eigenvalue weighted by molar-refractivity contribution is 0.0734. The van der Waals surface area contributed by atoms with Crippen molar-refractivity contribution < 1.29 is 9.18 Å². The second-order valence-corrected chi connectivity index (χ2v) is 10.3. The molecule has 0 aliphatic carbocycles. The van der Waals surface area contributed by atoms with Crippen LogP contribution in [0.15, 0.2) is 102 Å². The molecule has 6 rings (SSSR count). The van der Waals surface area contributed by atoms with Gasteiger partial charge in [-0.3, -0.25) is 9.48 Å². The smallest absolute Gasteiger partial charge is 0.273 e. The molecule has 190 valence electrons. The van der Waals surface area contributed by atoms with E-state index < -0.39 is 0 Å². The topological polar surface area (TPSA) is 56.0 Å². The highest BCUT2D eigenvalue weighted by molar-refractivity contribution is 9.10. The Balaban J connectivity index is 1.46. The van der Waals surface area contributed by atoms with Crippen LogP contribution in [0, 0.1) is 5.82 Å². The van der Waals surface area contributed by atoms with Gasteiger partial charge in [-0.1, -0.05) is 70.5 Å². The fraction of sp³-hybridized carbons (Fsp3) is 0.167. The van der Waals surface area contributed by atoms with Crippen LogP contribution >= 0.6 is 15.9 Å². The predicted octanol–water partition coefficient (Wildman–Crippen LogP) is 6.33. The van der Waals surface area contributed by atoms with Gasteiger partial charge in [0.15, 0.2) is 0 Å². The Morgan fingerprint density at radius 1 is 0.921 bits per heavy atom. The Hall–Kier alpha value is -4.04. The third-order valence-electron chi connectivity index (χ3n) is 6.89. The standard InChI is InChI=1S/C30H25BrFN5O/c31-24-11-9-23(10-12-24)28-26-27(22-5-2-1-3-6-22)34-37(19-21-7-13-25(32)14-8-21)29(26)30(38)36(28)17-4-16-35-18-15-33-20-35/h1-3,5-15,18,20,28H,4,16-17,19H2. The first kappa shape index (κ1) is 24.3. The van der Waals surface area contributed by atoms with Gasteiger partial charge in [-0.25, -0.2) is 9.37 Å². The van der Waals surface area contributed by atoms with Gasteiger partial charge < -0.3 is 9.47 Å². The van der Waals surface area contributed by atoms with Gasteiger partial charge in [0.25, 0.3) is 5.91 Å². The number of carbonyl (C=O) groups is 1. The van der Waals surface area contributed by atoms with E-state index in [0.29, 0.717) is 18.8 Å². The molecule has 0 radical (unpaired) electrons. The molecule has 1 atom stereocenters. The Morgan fingerprint density at radius 2 is 1.68 bits per heavy atom. The van der Waals surface area contributed by atoms with Crippen molar-refractivity contribution in [2.24, 2.45) is 0 Å². The van der Waals surface area contributed by atoms with Crippen molar-refractivity contribution in [2.45, 2.75) is 25.6 Å². The maximum Gasteiger partial charge on any atom is 0.273 e. The average Bonchev–Trinajstić information content (AvgIpc) is 3.65. The van der Waals surface area contributed by atoms with Gasteiger partial charge in [0.1, 0.15) is 11.5 Å². The number of halogens is 2. The number of nitrogens with zero attached hydrogens (tertiary/aromatic N) is 5. The zero-order valence-electron chi connectivity index (χ0n) is 20.5. The molecule has 2 aromatic heterocycles. The van der Waals surface area contributed by atoms with Crippen molar-refractivity contribution in [3.05, 3.63) is 130 Å². The molecule has 6 nitrogen and oxygen atoms in total. The van der Waals surface area contributed by atoms with E-state index in [2.05, 4.69) is 33.0 Å². The minimum Gasteiger partial charge on any atom is -0.337 e. The van der Waals surface area contributed by atoms with Crippen molar-refractivity contribution >= 4 is 21.8 Å². The van der Waals surface area contributed by atoms with E-state index in [-0.39, 0.29) is 17.8 Å². The van der Waals surface area contributed by atoms with Gasteiger partial charge >= 0.3 is 0 Å². The molecule has 0 bridgehead atoms. The second kappa shape index (κ2) is 10.4. The summed E-state index contributed by atoms with van der Waals surface area (Å²) < 4.78 is 18.4. The zero-order chi connectivity index (χ0) is 26.1. The summed E-state index contributed by atoms with van der Waals surface area (Å²) in [5.74, 6) is -0.338. The quantitative estimate of drug-likeness (QED) is 0.219. The van der Waals surface area contributed by atoms with Crippen LogP contribution in [0.1, 0.15) is 39.6 Å². The minimum atomic E-state index is -0.292. The largest absolute Gasteiger partial charge is 0.337 e. The number of aryl methyl sites for hydroxylation is 1. The zero-order valence-corrected chi connectivity index (χ0v) is 22.1. The maximum atomic E-state index is 14.1. The van der Waals surface area contributed by atoms with Gasteiger partial charge in [0, 0.05) is 41.1 Å². The van der Waals surface area contributed by atoms with Gasteiger partial charge in [0.2, 0.25) is 0 Å². The van der Waals surface area contributed by atoms with Crippen LogP contribution in [0.3, 0.4) is 0 Å². The number of rotatable bonds is 8. The average molecular weight is 570 g/mol. The lowest BCUT2D eigenvalue weighted by Gasteiger charge is -2.27. The van der Waals surface area contributed by atoms with Crippen LogP contribution in [-0.2, 0) is 13.1 Å². The predicted molar refractivity (Wildman–Crippen MR) is 147 cm³/mol. The van der Waals surface area contributed by atoms with Crippen molar-refractivity contribution in [3.63, 3.8) is 0 Å². The van der Waals surface area contributed by atoms with E-state index in [9.17, 15) is 9.18 Å². The number of hydrogen-bond acceptors (Lipinski definition) is 3. The highest BCUT2D eigenvalue weighted by Crippen LogP contribution is 2.44. The van der Waals surface area contributed by atoms with Crippen molar-refractivity contribution in [2.75, 3.05) is 6.54 Å². The van der Waals surface area contributed by atoms with Crippen LogP contribution in [0.5, 0.6) is 0 Å². The summed E-state index contributed by atoms with van der Waals surface area (Å²) in [5, 5.41) is 4.97. The molecular formula is C30H25BrFN5O. The molecule has 0 saturated heterocycles.